The topological polar surface area (TPSA) is 208 Å². The van der Waals surface area contributed by atoms with Crippen molar-refractivity contribution in [3.05, 3.63) is 46.3 Å². The molecule has 4 atom stereocenters. The molecule has 0 bridgehead atoms. The Hall–Kier alpha value is -3.41. The first-order chi connectivity index (χ1) is 22.7. The third kappa shape index (κ3) is 10.1. The van der Waals surface area contributed by atoms with Gasteiger partial charge in [-0.3, -0.25) is 4.79 Å². The van der Waals surface area contributed by atoms with Crippen molar-refractivity contribution in [2.75, 3.05) is 26.7 Å². The molecule has 1 unspecified atom stereocenters. The quantitative estimate of drug-likeness (QED) is 0.0708. The zero-order valence-corrected chi connectivity index (χ0v) is 30.5. The number of nitrogens with one attached hydrogen (secondary N) is 2. The molecule has 2 fully saturated rings. The first kappa shape index (κ1) is 40.0. The number of alkyl carbamates (subject to hydrolysis) is 1. The summed E-state index contributed by atoms with van der Waals surface area (Å²) in [5.41, 5.74) is 6.47. The first-order valence-electron chi connectivity index (χ1n) is 16.2. The van der Waals surface area contributed by atoms with E-state index >= 15 is 0 Å². The van der Waals surface area contributed by atoms with Crippen molar-refractivity contribution in [3.8, 4) is 0 Å². The molecule has 3 rings (SSSR count). The molecular weight excluding hydrogens is 659 g/mol. The van der Waals surface area contributed by atoms with Gasteiger partial charge in [-0.1, -0.05) is 41.9 Å². The number of rotatable bonds is 14. The lowest BCUT2D eigenvalue weighted by atomic mass is 9.78. The number of ether oxygens (including phenoxy) is 3. The highest BCUT2D eigenvalue weighted by Gasteiger charge is 2.56. The number of benzene rings is 1. The van der Waals surface area contributed by atoms with Crippen LogP contribution >= 0.6 is 0 Å². The van der Waals surface area contributed by atoms with Crippen molar-refractivity contribution in [2.45, 2.75) is 109 Å². The van der Waals surface area contributed by atoms with Gasteiger partial charge in [0.25, 0.3) is 10.2 Å². The van der Waals surface area contributed by atoms with Gasteiger partial charge in [0.1, 0.15) is 17.7 Å². The van der Waals surface area contributed by atoms with Crippen LogP contribution in [0.2, 0.25) is 6.32 Å². The molecule has 16 nitrogen and oxygen atoms in total. The highest BCUT2D eigenvalue weighted by atomic mass is 32.2. The van der Waals surface area contributed by atoms with Gasteiger partial charge in [-0.05, 0) is 85.1 Å². The van der Waals surface area contributed by atoms with Crippen LogP contribution in [-0.2, 0) is 43.3 Å². The van der Waals surface area contributed by atoms with Crippen LogP contribution in [0.5, 0.6) is 0 Å². The summed E-state index contributed by atoms with van der Waals surface area (Å²) in [4.78, 5) is 41.7. The number of amides is 1. The zero-order chi connectivity index (χ0) is 36.8. The molecular formula is C31H49BN6O10S. The number of hydrogen-bond acceptors (Lipinski definition) is 11. The maximum Gasteiger partial charge on any atom is 0.457 e. The van der Waals surface area contributed by atoms with E-state index in [9.17, 15) is 28.3 Å². The van der Waals surface area contributed by atoms with Gasteiger partial charge in [0.2, 0.25) is 0 Å². The lowest BCUT2D eigenvalue weighted by Crippen LogP contribution is -2.52. The molecule has 0 saturated carbocycles. The van der Waals surface area contributed by atoms with Gasteiger partial charge in [-0.15, -0.1) is 0 Å². The van der Waals surface area contributed by atoms with Crippen LogP contribution in [0.15, 0.2) is 35.4 Å². The summed E-state index contributed by atoms with van der Waals surface area (Å²) in [5, 5.41) is 6.22. The molecule has 0 aromatic heterocycles. The summed E-state index contributed by atoms with van der Waals surface area (Å²) in [6, 6.07) is 7.51. The monoisotopic (exact) mass is 708 g/mol. The van der Waals surface area contributed by atoms with Gasteiger partial charge >= 0.3 is 25.2 Å². The minimum Gasteiger partial charge on any atom is -0.467 e. The average Bonchev–Trinajstić information content (AvgIpc) is 3.47. The second-order valence-corrected chi connectivity index (χ2v) is 16.0. The first-order valence-corrected chi connectivity index (χ1v) is 17.6. The number of nitrogens with zero attached hydrogens (tertiary/aromatic N) is 4. The van der Waals surface area contributed by atoms with E-state index in [1.165, 1.54) is 0 Å². The Kier molecular flexibility index (Phi) is 12.8. The van der Waals surface area contributed by atoms with E-state index in [0.29, 0.717) is 18.3 Å². The van der Waals surface area contributed by atoms with Crippen LogP contribution in [-0.4, -0.2) is 93.0 Å². The Balaban J connectivity index is 1.85. The lowest BCUT2D eigenvalue weighted by Gasteiger charge is -2.32. The van der Waals surface area contributed by atoms with E-state index in [-0.39, 0.29) is 13.0 Å². The van der Waals surface area contributed by atoms with E-state index in [2.05, 4.69) is 20.1 Å². The summed E-state index contributed by atoms with van der Waals surface area (Å²) in [6.07, 6.45) is -0.546. The van der Waals surface area contributed by atoms with Gasteiger partial charge in [0.15, 0.2) is 5.54 Å². The molecule has 18 heteroatoms. The summed E-state index contributed by atoms with van der Waals surface area (Å²) in [6.45, 7) is 12.9. The number of methoxy groups -OCH3 is 1. The van der Waals surface area contributed by atoms with Crippen LogP contribution < -0.4 is 10.0 Å². The van der Waals surface area contributed by atoms with Gasteiger partial charge in [-0.25, -0.2) is 9.59 Å². The van der Waals surface area contributed by atoms with Crippen LogP contribution in [0, 0.1) is 5.92 Å². The molecule has 1 amide bonds. The fourth-order valence-corrected chi connectivity index (χ4v) is 6.87. The average molecular weight is 709 g/mol. The molecule has 2 N–H and O–H groups in total. The predicted octanol–water partition coefficient (Wildman–Crippen LogP) is 4.04. The van der Waals surface area contributed by atoms with Crippen LogP contribution in [0.25, 0.3) is 10.4 Å². The fourth-order valence-electron chi connectivity index (χ4n) is 5.57. The Morgan fingerprint density at radius 3 is 2.31 bits per heavy atom. The number of azide groups is 1. The Labute approximate surface area is 288 Å². The van der Waals surface area contributed by atoms with E-state index in [4.69, 9.17) is 23.5 Å². The van der Waals surface area contributed by atoms with E-state index in [1.54, 1.807) is 52.0 Å². The molecule has 1 aromatic rings. The molecule has 0 radical (unpaired) electrons. The highest BCUT2D eigenvalue weighted by molar-refractivity contribution is 7.87. The van der Waals surface area contributed by atoms with Crippen LogP contribution in [0.1, 0.15) is 79.9 Å². The Morgan fingerprint density at radius 2 is 1.76 bits per heavy atom. The number of esters is 2. The van der Waals surface area contributed by atoms with Crippen LogP contribution in [0.3, 0.4) is 0 Å². The van der Waals surface area contributed by atoms with Gasteiger partial charge in [0, 0.05) is 24.5 Å². The van der Waals surface area contributed by atoms with Crippen LogP contribution in [0.4, 0.5) is 4.79 Å². The zero-order valence-electron chi connectivity index (χ0n) is 29.7. The number of hydrogen-bond donors (Lipinski definition) is 2. The number of carbonyl (C=O) groups is 3. The van der Waals surface area contributed by atoms with Crippen molar-refractivity contribution >= 4 is 35.4 Å². The Bertz CT molecular complexity index is 1480. The molecule has 2 aliphatic rings. The molecule has 272 valence electrons. The maximum absolute atomic E-state index is 13.9. The second-order valence-electron chi connectivity index (χ2n) is 14.3. The summed E-state index contributed by atoms with van der Waals surface area (Å²) >= 11 is 0. The highest BCUT2D eigenvalue weighted by Crippen LogP contribution is 2.41. The minimum absolute atomic E-state index is 0.213. The molecule has 2 saturated heterocycles. The lowest BCUT2D eigenvalue weighted by molar-refractivity contribution is -0.156. The van der Waals surface area contributed by atoms with E-state index in [1.807, 2.05) is 33.8 Å². The minimum atomic E-state index is -4.43. The van der Waals surface area contributed by atoms with Crippen molar-refractivity contribution in [1.29, 1.82) is 0 Å². The van der Waals surface area contributed by atoms with Crippen molar-refractivity contribution in [3.63, 3.8) is 0 Å². The second kappa shape index (κ2) is 15.6. The van der Waals surface area contributed by atoms with Gasteiger partial charge in [0.05, 0.1) is 18.3 Å². The summed E-state index contributed by atoms with van der Waals surface area (Å²) in [5.74, 6) is -2.59. The predicted molar refractivity (Wildman–Crippen MR) is 180 cm³/mol. The molecule has 2 aliphatic heterocycles. The van der Waals surface area contributed by atoms with Crippen molar-refractivity contribution in [2.24, 2.45) is 11.0 Å². The largest absolute Gasteiger partial charge is 0.467 e. The normalized spacial score (nSPS) is 23.2. The van der Waals surface area contributed by atoms with Gasteiger partial charge in [-0.2, -0.15) is 17.4 Å². The van der Waals surface area contributed by atoms with Gasteiger partial charge < -0.3 is 28.8 Å². The third-order valence-corrected chi connectivity index (χ3v) is 10.4. The smallest absolute Gasteiger partial charge is 0.457 e. The Morgan fingerprint density at radius 1 is 1.14 bits per heavy atom. The molecule has 0 aliphatic carbocycles. The van der Waals surface area contributed by atoms with E-state index in [0.717, 1.165) is 11.4 Å². The van der Waals surface area contributed by atoms with E-state index < -0.39 is 88.9 Å². The SMILES string of the molecule is COC(=O)[C@H](CNS(=O)(=O)N1CC(CCCB2OC(C)(C)C(C)(C)O2)[C@](N=[N+]=[N-])(C(=O)O[C@H](C)c2ccccc2)C1)NC(=O)OC(C)(C)C. The standard InChI is InChI=1S/C31H49BN6O10S/c1-21(22-14-11-10-12-15-22)45-26(40)31(36-37-33)20-38(19-23(31)16-13-17-32-47-29(5,6)30(7,8)48-32)49(42,43)34-18-24(25(39)44-9)35-27(41)46-28(2,3)4/h10-12,14-15,21,23-24,34H,13,16-20H2,1-9H3,(H,35,41)/t21-,23?,24+,31+/m1/s1. The molecule has 49 heavy (non-hydrogen) atoms. The van der Waals surface area contributed by atoms with Crippen molar-refractivity contribution < 1.29 is 46.3 Å². The molecule has 2 heterocycles. The molecule has 0 spiro atoms. The number of carbonyl (C=O) groups excluding carboxylic acids is 3. The summed E-state index contributed by atoms with van der Waals surface area (Å²) < 4.78 is 58.6. The maximum atomic E-state index is 13.9. The molecule has 1 aromatic carbocycles. The summed E-state index contributed by atoms with van der Waals surface area (Å²) in [7, 11) is -3.87. The van der Waals surface area contributed by atoms with Crippen molar-refractivity contribution in [1.82, 2.24) is 14.3 Å². The third-order valence-electron chi connectivity index (χ3n) is 8.93. The fraction of sp³-hybridized carbons (Fsp3) is 0.710.